The fourth-order valence-electron chi connectivity index (χ4n) is 1.76. The van der Waals surface area contributed by atoms with Crippen LogP contribution < -0.4 is 10.5 Å². The number of ether oxygens (including phenoxy) is 1. The van der Waals surface area contributed by atoms with Gasteiger partial charge in [-0.25, -0.2) is 0 Å². The number of nitriles is 2. The molecule has 2 aromatic carbocycles. The summed E-state index contributed by atoms with van der Waals surface area (Å²) in [6, 6.07) is 12.7. The molecule has 4 nitrogen and oxygen atoms in total. The number of rotatable bonds is 2. The van der Waals surface area contributed by atoms with E-state index in [4.69, 9.17) is 21.0 Å². The molecular weight excluding hydrogens is 365 g/mol. The maximum absolute atomic E-state index is 9.14. The van der Waals surface area contributed by atoms with Crippen molar-refractivity contribution in [2.24, 2.45) is 0 Å². The van der Waals surface area contributed by atoms with Gasteiger partial charge in [-0.2, -0.15) is 10.5 Å². The van der Waals surface area contributed by atoms with Crippen LogP contribution >= 0.6 is 22.6 Å². The lowest BCUT2D eigenvalue weighted by atomic mass is 10.1. The number of nitrogens with two attached hydrogens (primary N) is 1. The van der Waals surface area contributed by atoms with E-state index in [1.54, 1.807) is 24.3 Å². The second-order valence-corrected chi connectivity index (χ2v) is 5.32. The lowest BCUT2D eigenvalue weighted by Crippen LogP contribution is -1.98. The highest BCUT2D eigenvalue weighted by Gasteiger charge is 2.13. The van der Waals surface area contributed by atoms with Crippen LogP contribution in [0.4, 0.5) is 5.69 Å². The Hall–Kier alpha value is -2.25. The molecule has 0 aliphatic heterocycles. The van der Waals surface area contributed by atoms with Crippen molar-refractivity contribution in [3.05, 3.63) is 50.6 Å². The minimum atomic E-state index is 0.376. The van der Waals surface area contributed by atoms with E-state index in [1.165, 1.54) is 0 Å². The first kappa shape index (κ1) is 14.2. The molecule has 5 heteroatoms. The van der Waals surface area contributed by atoms with E-state index in [1.807, 2.05) is 19.1 Å². The van der Waals surface area contributed by atoms with Crippen molar-refractivity contribution in [1.82, 2.24) is 0 Å². The van der Waals surface area contributed by atoms with Crippen LogP contribution in [0.25, 0.3) is 0 Å². The van der Waals surface area contributed by atoms with Crippen LogP contribution in [0.1, 0.15) is 16.7 Å². The average molecular weight is 375 g/mol. The standard InChI is InChI=1S/C15H10IN3O/c1-9-3-2-4-11(8-18)14(9)20-15-12(16)5-10(7-17)6-13(15)19/h2-6H,19H2,1H3. The molecule has 0 atom stereocenters. The summed E-state index contributed by atoms with van der Waals surface area (Å²) in [6.45, 7) is 1.86. The van der Waals surface area contributed by atoms with E-state index in [2.05, 4.69) is 28.7 Å². The van der Waals surface area contributed by atoms with Gasteiger partial charge in [0.2, 0.25) is 0 Å². The highest BCUT2D eigenvalue weighted by atomic mass is 127. The summed E-state index contributed by atoms with van der Waals surface area (Å²) in [5, 5.41) is 18.0. The van der Waals surface area contributed by atoms with Crippen molar-refractivity contribution < 1.29 is 4.74 Å². The van der Waals surface area contributed by atoms with Gasteiger partial charge in [-0.15, -0.1) is 0 Å². The van der Waals surface area contributed by atoms with E-state index in [0.29, 0.717) is 28.3 Å². The summed E-state index contributed by atoms with van der Waals surface area (Å²) < 4.78 is 6.56. The highest BCUT2D eigenvalue weighted by molar-refractivity contribution is 14.1. The van der Waals surface area contributed by atoms with Gasteiger partial charge in [-0.1, -0.05) is 12.1 Å². The largest absolute Gasteiger partial charge is 0.452 e. The highest BCUT2D eigenvalue weighted by Crippen LogP contribution is 2.36. The van der Waals surface area contributed by atoms with Crippen LogP contribution in [0.3, 0.4) is 0 Å². The first-order chi connectivity index (χ1) is 9.56. The third-order valence-corrected chi connectivity index (χ3v) is 3.54. The minimum absolute atomic E-state index is 0.376. The van der Waals surface area contributed by atoms with Gasteiger partial charge in [0.15, 0.2) is 5.75 Å². The molecule has 0 spiro atoms. The lowest BCUT2D eigenvalue weighted by Gasteiger charge is -2.14. The Morgan fingerprint density at radius 2 is 1.90 bits per heavy atom. The normalized spacial score (nSPS) is 9.60. The van der Waals surface area contributed by atoms with Crippen molar-refractivity contribution >= 4 is 28.3 Å². The fraction of sp³-hybridized carbons (Fsp3) is 0.0667. The molecule has 98 valence electrons. The van der Waals surface area contributed by atoms with Gasteiger partial charge in [0.1, 0.15) is 11.8 Å². The number of hydrogen-bond donors (Lipinski definition) is 1. The molecule has 2 aromatic rings. The van der Waals surface area contributed by atoms with Crippen molar-refractivity contribution in [2.45, 2.75) is 6.92 Å². The molecule has 0 heterocycles. The van der Waals surface area contributed by atoms with E-state index in [0.717, 1.165) is 9.13 Å². The van der Waals surface area contributed by atoms with Crippen LogP contribution in [-0.2, 0) is 0 Å². The van der Waals surface area contributed by atoms with Gasteiger partial charge < -0.3 is 10.5 Å². The van der Waals surface area contributed by atoms with Gasteiger partial charge >= 0.3 is 0 Å². The number of halogens is 1. The molecule has 0 amide bonds. The Balaban J connectivity index is 2.52. The van der Waals surface area contributed by atoms with Gasteiger partial charge in [0.25, 0.3) is 0 Å². The topological polar surface area (TPSA) is 82.8 Å². The zero-order valence-electron chi connectivity index (χ0n) is 10.6. The molecule has 0 aliphatic rings. The monoisotopic (exact) mass is 375 g/mol. The molecule has 20 heavy (non-hydrogen) atoms. The first-order valence-electron chi connectivity index (χ1n) is 5.73. The van der Waals surface area contributed by atoms with Crippen molar-refractivity contribution in [1.29, 1.82) is 10.5 Å². The maximum Gasteiger partial charge on any atom is 0.163 e. The first-order valence-corrected chi connectivity index (χ1v) is 6.81. The van der Waals surface area contributed by atoms with Crippen molar-refractivity contribution in [3.63, 3.8) is 0 Å². The van der Waals surface area contributed by atoms with Crippen LogP contribution in [0.5, 0.6) is 11.5 Å². The van der Waals surface area contributed by atoms with Crippen molar-refractivity contribution in [3.8, 4) is 23.6 Å². The molecular formula is C15H10IN3O. The quantitative estimate of drug-likeness (QED) is 0.641. The van der Waals surface area contributed by atoms with E-state index in [9.17, 15) is 0 Å². The van der Waals surface area contributed by atoms with E-state index in [-0.39, 0.29) is 0 Å². The SMILES string of the molecule is Cc1cccc(C#N)c1Oc1c(N)cc(C#N)cc1I. The third kappa shape index (κ3) is 2.68. The Labute approximate surface area is 130 Å². The Morgan fingerprint density at radius 1 is 1.15 bits per heavy atom. The summed E-state index contributed by atoms with van der Waals surface area (Å²) >= 11 is 2.06. The summed E-state index contributed by atoms with van der Waals surface area (Å²) in [5.41, 5.74) is 8.07. The Kier molecular flexibility index (Phi) is 4.11. The summed E-state index contributed by atoms with van der Waals surface area (Å²) in [6.07, 6.45) is 0. The van der Waals surface area contributed by atoms with Gasteiger partial charge in [-0.05, 0) is 53.3 Å². The molecule has 0 bridgehead atoms. The van der Waals surface area contributed by atoms with Gasteiger partial charge in [-0.3, -0.25) is 0 Å². The smallest absolute Gasteiger partial charge is 0.163 e. The van der Waals surface area contributed by atoms with E-state index >= 15 is 0 Å². The second-order valence-electron chi connectivity index (χ2n) is 4.15. The number of hydrogen-bond acceptors (Lipinski definition) is 4. The van der Waals surface area contributed by atoms with Crippen molar-refractivity contribution in [2.75, 3.05) is 5.73 Å². The number of aryl methyl sites for hydroxylation is 1. The zero-order chi connectivity index (χ0) is 14.7. The zero-order valence-corrected chi connectivity index (χ0v) is 12.8. The fourth-order valence-corrected chi connectivity index (χ4v) is 2.52. The molecule has 0 radical (unpaired) electrons. The molecule has 2 rings (SSSR count). The summed E-state index contributed by atoms with van der Waals surface area (Å²) in [4.78, 5) is 0. The summed E-state index contributed by atoms with van der Waals surface area (Å²) in [7, 11) is 0. The van der Waals surface area contributed by atoms with Gasteiger partial charge in [0, 0.05) is 0 Å². The van der Waals surface area contributed by atoms with Crippen LogP contribution in [0.15, 0.2) is 30.3 Å². The van der Waals surface area contributed by atoms with E-state index < -0.39 is 0 Å². The van der Waals surface area contributed by atoms with Crippen LogP contribution in [0.2, 0.25) is 0 Å². The number of nitrogen functional groups attached to an aromatic ring is 1. The maximum atomic E-state index is 9.14. The minimum Gasteiger partial charge on any atom is -0.452 e. The van der Waals surface area contributed by atoms with Gasteiger partial charge in [0.05, 0.1) is 26.5 Å². The number of benzene rings is 2. The predicted octanol–water partition coefficient (Wildman–Crippen LogP) is 3.72. The molecule has 0 saturated carbocycles. The molecule has 0 unspecified atom stereocenters. The second kappa shape index (κ2) is 5.81. The Morgan fingerprint density at radius 3 is 2.50 bits per heavy atom. The van der Waals surface area contributed by atoms with Crippen LogP contribution in [0, 0.1) is 33.2 Å². The molecule has 0 aromatic heterocycles. The number of nitrogens with zero attached hydrogens (tertiary/aromatic N) is 2. The predicted molar refractivity (Wildman–Crippen MR) is 84.3 cm³/mol. The number of para-hydroxylation sites is 1. The van der Waals surface area contributed by atoms with Crippen LogP contribution in [-0.4, -0.2) is 0 Å². The molecule has 0 saturated heterocycles. The third-order valence-electron chi connectivity index (χ3n) is 2.74. The lowest BCUT2D eigenvalue weighted by molar-refractivity contribution is 0.476. The Bertz CT molecular complexity index is 734. The average Bonchev–Trinajstić information content (AvgIpc) is 2.43. The molecule has 2 N–H and O–H groups in total. The molecule has 0 fully saturated rings. The summed E-state index contributed by atoms with van der Waals surface area (Å²) in [5.74, 6) is 0.958. The molecule has 0 aliphatic carbocycles. The number of anilines is 1.